The van der Waals surface area contributed by atoms with Crippen molar-refractivity contribution < 1.29 is 24.2 Å². The van der Waals surface area contributed by atoms with Crippen LogP contribution < -0.4 is 14.4 Å². The van der Waals surface area contributed by atoms with Gasteiger partial charge in [-0.1, -0.05) is 43.3 Å². The number of aliphatic hydroxyl groups excluding tert-OH is 1. The number of nitrogens with zero attached hydrogens (tertiary/aromatic N) is 2. The number of amides is 1. The summed E-state index contributed by atoms with van der Waals surface area (Å²) in [6, 6.07) is 18.7. The summed E-state index contributed by atoms with van der Waals surface area (Å²) in [6.07, 6.45) is 0.841. The van der Waals surface area contributed by atoms with Crippen LogP contribution in [0, 0.1) is 0 Å². The second-order valence-electron chi connectivity index (χ2n) is 8.44. The third-order valence-corrected chi connectivity index (χ3v) is 6.42. The van der Waals surface area contributed by atoms with Crippen LogP contribution in [0.4, 0.5) is 5.95 Å². The molecule has 1 aliphatic rings. The molecule has 1 aliphatic heterocycles. The van der Waals surface area contributed by atoms with Gasteiger partial charge in [0, 0.05) is 11.6 Å². The predicted octanol–water partition coefficient (Wildman–Crippen LogP) is 4.77. The standard InChI is InChI=1S/C28H25N3O5/c1-4-16-5-7-18(8-6-16)25(32)23-24(17-9-11-19(35-2)12-10-17)31(27(34)26(23)33)28-29-21-14-13-20(36-3)15-22(21)30-28/h5-15,24,32H,4H2,1-3H3,(H,29,30)/b25-23+. The van der Waals surface area contributed by atoms with Crippen molar-refractivity contribution in [3.63, 3.8) is 0 Å². The van der Waals surface area contributed by atoms with E-state index >= 15 is 0 Å². The number of hydrogen-bond donors (Lipinski definition) is 2. The first-order chi connectivity index (χ1) is 17.4. The second-order valence-corrected chi connectivity index (χ2v) is 8.44. The maximum atomic E-state index is 13.4. The van der Waals surface area contributed by atoms with Crippen molar-refractivity contribution in [2.75, 3.05) is 19.1 Å². The number of anilines is 1. The number of carbonyl (C=O) groups is 2. The van der Waals surface area contributed by atoms with E-state index < -0.39 is 17.7 Å². The smallest absolute Gasteiger partial charge is 0.302 e. The summed E-state index contributed by atoms with van der Waals surface area (Å²) < 4.78 is 10.6. The van der Waals surface area contributed by atoms with Gasteiger partial charge in [-0.3, -0.25) is 14.5 Å². The van der Waals surface area contributed by atoms with E-state index in [2.05, 4.69) is 9.97 Å². The molecule has 1 atom stereocenters. The number of aliphatic hydroxyl groups is 1. The summed E-state index contributed by atoms with van der Waals surface area (Å²) in [6.45, 7) is 2.03. The average Bonchev–Trinajstić information content (AvgIpc) is 3.45. The fourth-order valence-corrected chi connectivity index (χ4v) is 4.42. The van der Waals surface area contributed by atoms with E-state index in [-0.39, 0.29) is 17.3 Å². The number of aryl methyl sites for hydroxylation is 1. The second kappa shape index (κ2) is 9.22. The van der Waals surface area contributed by atoms with Gasteiger partial charge < -0.3 is 19.6 Å². The number of nitrogens with one attached hydrogen (secondary N) is 1. The number of fused-ring (bicyclic) bond motifs is 1. The van der Waals surface area contributed by atoms with Crippen LogP contribution in [0.1, 0.15) is 29.7 Å². The summed E-state index contributed by atoms with van der Waals surface area (Å²) in [5, 5.41) is 11.3. The molecule has 182 valence electrons. The number of benzene rings is 3. The van der Waals surface area contributed by atoms with Crippen LogP contribution in [0.5, 0.6) is 11.5 Å². The minimum atomic E-state index is -0.899. The molecule has 1 unspecified atom stereocenters. The lowest BCUT2D eigenvalue weighted by molar-refractivity contribution is -0.132. The molecule has 5 rings (SSSR count). The van der Waals surface area contributed by atoms with Gasteiger partial charge in [-0.15, -0.1) is 0 Å². The van der Waals surface area contributed by atoms with Gasteiger partial charge >= 0.3 is 5.91 Å². The first-order valence-electron chi connectivity index (χ1n) is 11.5. The number of Topliss-reactive ketones (excluding diaryl/α,β-unsaturated/α-hetero) is 1. The fourth-order valence-electron chi connectivity index (χ4n) is 4.42. The molecule has 2 heterocycles. The van der Waals surface area contributed by atoms with Crippen molar-refractivity contribution in [3.8, 4) is 11.5 Å². The summed E-state index contributed by atoms with van der Waals surface area (Å²) in [4.78, 5) is 35.7. The monoisotopic (exact) mass is 483 g/mol. The number of carbonyl (C=O) groups excluding carboxylic acids is 2. The zero-order chi connectivity index (χ0) is 25.4. The van der Waals surface area contributed by atoms with Gasteiger partial charge in [0.25, 0.3) is 5.78 Å². The van der Waals surface area contributed by atoms with Gasteiger partial charge in [-0.05, 0) is 41.8 Å². The fraction of sp³-hybridized carbons (Fsp3) is 0.179. The summed E-state index contributed by atoms with van der Waals surface area (Å²) >= 11 is 0. The van der Waals surface area contributed by atoms with Gasteiger partial charge in [0.15, 0.2) is 0 Å². The maximum Gasteiger partial charge on any atom is 0.302 e. The minimum Gasteiger partial charge on any atom is -0.507 e. The Morgan fingerprint density at radius 2 is 1.64 bits per heavy atom. The lowest BCUT2D eigenvalue weighted by atomic mass is 9.95. The Morgan fingerprint density at radius 3 is 2.28 bits per heavy atom. The molecule has 1 saturated heterocycles. The first-order valence-corrected chi connectivity index (χ1v) is 11.5. The van der Waals surface area contributed by atoms with Crippen molar-refractivity contribution in [1.82, 2.24) is 9.97 Å². The number of methoxy groups -OCH3 is 2. The quantitative estimate of drug-likeness (QED) is 0.233. The molecule has 4 aromatic rings. The number of ether oxygens (including phenoxy) is 2. The van der Waals surface area contributed by atoms with Gasteiger partial charge in [0.2, 0.25) is 5.95 Å². The number of aromatic amines is 1. The highest BCUT2D eigenvalue weighted by Crippen LogP contribution is 2.42. The molecule has 2 N–H and O–H groups in total. The Bertz CT molecular complexity index is 1490. The number of rotatable bonds is 6. The number of H-pyrrole nitrogens is 1. The van der Waals surface area contributed by atoms with Crippen LogP contribution in [0.3, 0.4) is 0 Å². The van der Waals surface area contributed by atoms with E-state index in [1.54, 1.807) is 68.8 Å². The molecular formula is C28H25N3O5. The number of imidazole rings is 1. The molecule has 0 spiro atoms. The molecule has 36 heavy (non-hydrogen) atoms. The van der Waals surface area contributed by atoms with Crippen molar-refractivity contribution in [2.45, 2.75) is 19.4 Å². The lowest BCUT2D eigenvalue weighted by Gasteiger charge is -2.23. The van der Waals surface area contributed by atoms with Crippen LogP contribution in [0.15, 0.2) is 72.3 Å². The Morgan fingerprint density at radius 1 is 0.972 bits per heavy atom. The highest BCUT2D eigenvalue weighted by atomic mass is 16.5. The highest BCUT2D eigenvalue weighted by molar-refractivity contribution is 6.51. The van der Waals surface area contributed by atoms with Gasteiger partial charge in [-0.2, -0.15) is 0 Å². The SMILES string of the molecule is CCc1ccc(/C(O)=C2\C(=O)C(=O)N(c3nc4ccc(OC)cc4[nH]3)C2c2ccc(OC)cc2)cc1. The summed E-state index contributed by atoms with van der Waals surface area (Å²) in [7, 11) is 3.12. The van der Waals surface area contributed by atoms with Gasteiger partial charge in [0.1, 0.15) is 17.3 Å². The van der Waals surface area contributed by atoms with E-state index in [1.165, 1.54) is 4.90 Å². The van der Waals surface area contributed by atoms with Gasteiger partial charge in [-0.25, -0.2) is 4.98 Å². The average molecular weight is 484 g/mol. The summed E-state index contributed by atoms with van der Waals surface area (Å²) in [5.41, 5.74) is 3.42. The van der Waals surface area contributed by atoms with Crippen LogP contribution >= 0.6 is 0 Å². The molecule has 0 saturated carbocycles. The Labute approximate surface area is 207 Å². The molecule has 8 heteroatoms. The van der Waals surface area contributed by atoms with Crippen LogP contribution in [-0.4, -0.2) is 41.0 Å². The highest BCUT2D eigenvalue weighted by Gasteiger charge is 2.48. The molecule has 3 aromatic carbocycles. The van der Waals surface area contributed by atoms with E-state index in [4.69, 9.17) is 9.47 Å². The summed E-state index contributed by atoms with van der Waals surface area (Å²) in [5.74, 6) is -0.359. The number of hydrogen-bond acceptors (Lipinski definition) is 6. The van der Waals surface area contributed by atoms with E-state index in [1.807, 2.05) is 19.1 Å². The van der Waals surface area contributed by atoms with Crippen LogP contribution in [0.25, 0.3) is 16.8 Å². The Kier molecular flexibility index (Phi) is 5.93. The molecular weight excluding hydrogens is 458 g/mol. The van der Waals surface area contributed by atoms with E-state index in [0.29, 0.717) is 33.7 Å². The van der Waals surface area contributed by atoms with E-state index in [0.717, 1.165) is 12.0 Å². The van der Waals surface area contributed by atoms with Crippen molar-refractivity contribution in [3.05, 3.63) is 89.0 Å². The lowest BCUT2D eigenvalue weighted by Crippen LogP contribution is -2.30. The Balaban J connectivity index is 1.69. The van der Waals surface area contributed by atoms with Crippen molar-refractivity contribution in [2.24, 2.45) is 0 Å². The molecule has 1 amide bonds. The predicted molar refractivity (Wildman–Crippen MR) is 136 cm³/mol. The third-order valence-electron chi connectivity index (χ3n) is 6.42. The Hall–Kier alpha value is -4.59. The zero-order valence-electron chi connectivity index (χ0n) is 20.1. The molecule has 0 bridgehead atoms. The first kappa shape index (κ1) is 23.2. The molecule has 0 aliphatic carbocycles. The molecule has 8 nitrogen and oxygen atoms in total. The van der Waals surface area contributed by atoms with Crippen LogP contribution in [0.2, 0.25) is 0 Å². The van der Waals surface area contributed by atoms with Gasteiger partial charge in [0.05, 0.1) is 36.9 Å². The minimum absolute atomic E-state index is 0.00699. The molecule has 0 radical (unpaired) electrons. The normalized spacial score (nSPS) is 17.1. The number of aromatic nitrogens is 2. The molecule has 1 aromatic heterocycles. The maximum absolute atomic E-state index is 13.4. The third kappa shape index (κ3) is 3.86. The zero-order valence-corrected chi connectivity index (χ0v) is 20.1. The number of ketones is 1. The van der Waals surface area contributed by atoms with Crippen molar-refractivity contribution in [1.29, 1.82) is 0 Å². The van der Waals surface area contributed by atoms with Crippen LogP contribution in [-0.2, 0) is 16.0 Å². The van der Waals surface area contributed by atoms with E-state index in [9.17, 15) is 14.7 Å². The van der Waals surface area contributed by atoms with Crippen molar-refractivity contribution >= 4 is 34.4 Å². The topological polar surface area (TPSA) is 105 Å². The molecule has 1 fully saturated rings. The largest absolute Gasteiger partial charge is 0.507 e.